The highest BCUT2D eigenvalue weighted by Gasteiger charge is 2.15. The number of benzene rings is 2. The van der Waals surface area contributed by atoms with Crippen molar-refractivity contribution < 1.29 is 4.74 Å². The molecule has 1 unspecified atom stereocenters. The number of hydrogen-bond donors (Lipinski definition) is 0. The number of anilines is 1. The van der Waals surface area contributed by atoms with E-state index in [-0.39, 0.29) is 0 Å². The van der Waals surface area contributed by atoms with Crippen LogP contribution in [-0.2, 0) is 0 Å². The first-order chi connectivity index (χ1) is 18.7. The van der Waals surface area contributed by atoms with E-state index in [0.29, 0.717) is 16.5 Å². The first-order valence-corrected chi connectivity index (χ1v) is 15.2. The van der Waals surface area contributed by atoms with Crippen molar-refractivity contribution in [2.45, 2.75) is 54.4 Å². The predicted molar refractivity (Wildman–Crippen MR) is 166 cm³/mol. The number of thiazole rings is 1. The lowest BCUT2D eigenvalue weighted by molar-refractivity contribution is 0.240. The van der Waals surface area contributed by atoms with Crippen LogP contribution in [0.3, 0.4) is 0 Å². The maximum atomic E-state index is 5.93. The van der Waals surface area contributed by atoms with Gasteiger partial charge in [-0.1, -0.05) is 50.4 Å². The molecule has 2 aromatic carbocycles. The zero-order valence-electron chi connectivity index (χ0n) is 23.7. The molecule has 1 atom stereocenters. The average molecular weight is 563 g/mol. The van der Waals surface area contributed by atoms with Crippen LogP contribution in [0.2, 0.25) is 0 Å². The van der Waals surface area contributed by atoms with E-state index in [0.717, 1.165) is 57.8 Å². The van der Waals surface area contributed by atoms with Crippen LogP contribution in [0, 0.1) is 11.3 Å². The molecule has 0 aliphatic carbocycles. The Balaban J connectivity index is 1.29. The summed E-state index contributed by atoms with van der Waals surface area (Å²) in [5.74, 6) is 1.50. The van der Waals surface area contributed by atoms with E-state index in [1.165, 1.54) is 34.8 Å². The molecule has 4 aromatic rings. The molecule has 2 aromatic heterocycles. The first kappa shape index (κ1) is 28.8. The van der Waals surface area contributed by atoms with E-state index >= 15 is 0 Å². The lowest BCUT2D eigenvalue weighted by Crippen LogP contribution is -2.21. The number of hydrogen-bond acceptors (Lipinski definition) is 9. The van der Waals surface area contributed by atoms with E-state index in [1.807, 2.05) is 42.5 Å². The van der Waals surface area contributed by atoms with Crippen molar-refractivity contribution in [1.29, 1.82) is 0 Å². The van der Waals surface area contributed by atoms with Crippen molar-refractivity contribution in [3.63, 3.8) is 0 Å². The van der Waals surface area contributed by atoms with E-state index in [2.05, 4.69) is 84.0 Å². The molecule has 9 heteroatoms. The van der Waals surface area contributed by atoms with E-state index in [9.17, 15) is 0 Å². The number of rotatable bonds is 12. The Labute approximate surface area is 239 Å². The van der Waals surface area contributed by atoms with Crippen molar-refractivity contribution in [2.75, 3.05) is 24.6 Å². The summed E-state index contributed by atoms with van der Waals surface area (Å²) in [4.78, 5) is 7.79. The Kier molecular flexibility index (Phi) is 9.80. The number of azo groups is 2. The highest BCUT2D eigenvalue weighted by molar-refractivity contribution is 7.30. The molecule has 0 amide bonds. The Bertz CT molecular complexity index is 1350. The highest BCUT2D eigenvalue weighted by Crippen LogP contribution is 2.39. The van der Waals surface area contributed by atoms with Crippen LogP contribution in [0.1, 0.15) is 54.4 Å². The van der Waals surface area contributed by atoms with Gasteiger partial charge in [0, 0.05) is 18.8 Å². The van der Waals surface area contributed by atoms with E-state index < -0.39 is 0 Å². The van der Waals surface area contributed by atoms with Crippen LogP contribution >= 0.6 is 22.7 Å². The lowest BCUT2D eigenvalue weighted by atomic mass is 9.84. The number of nitrogens with zero attached hydrogens (tertiary/aromatic N) is 6. The molecule has 7 nitrogen and oxygen atoms in total. The van der Waals surface area contributed by atoms with Crippen molar-refractivity contribution in [2.24, 2.45) is 31.8 Å². The predicted octanol–water partition coefficient (Wildman–Crippen LogP) is 10.9. The van der Waals surface area contributed by atoms with Gasteiger partial charge in [-0.2, -0.15) is 0 Å². The normalized spacial score (nSPS) is 13.1. The van der Waals surface area contributed by atoms with Crippen LogP contribution in [0.5, 0.6) is 5.75 Å². The second-order valence-corrected chi connectivity index (χ2v) is 12.9. The second-order valence-electron chi connectivity index (χ2n) is 10.8. The molecule has 0 saturated carbocycles. The van der Waals surface area contributed by atoms with Crippen LogP contribution in [0.15, 0.2) is 75.1 Å². The topological polar surface area (TPSA) is 74.8 Å². The van der Waals surface area contributed by atoms with Crippen LogP contribution in [-0.4, -0.2) is 24.7 Å². The Morgan fingerprint density at radius 2 is 1.51 bits per heavy atom. The number of ether oxygens (including phenoxy) is 1. The lowest BCUT2D eigenvalue weighted by Gasteiger charge is -2.23. The molecule has 0 fully saturated rings. The van der Waals surface area contributed by atoms with Gasteiger partial charge in [0.1, 0.15) is 15.6 Å². The van der Waals surface area contributed by atoms with Gasteiger partial charge in [0.15, 0.2) is 0 Å². The Morgan fingerprint density at radius 3 is 2.13 bits per heavy atom. The third-order valence-electron chi connectivity index (χ3n) is 6.24. The van der Waals surface area contributed by atoms with Gasteiger partial charge in [-0.25, -0.2) is 4.98 Å². The van der Waals surface area contributed by atoms with Gasteiger partial charge in [0.25, 0.3) is 0 Å². The molecule has 0 radical (unpaired) electrons. The smallest absolute Gasteiger partial charge is 0.231 e. The standard InChI is InChI=1S/C30H38N6OS2/c1-7-36(8-2)24-13-9-22(10-14-24)33-35-29-31-28-26(38-29)19-27(39-28)34-32-23-11-15-25(16-12-23)37-18-17-21(3)20-30(4,5)6/h9-16,19,21H,7-8,17-18,20H2,1-6H3/b34-32+,35-33+. The van der Waals surface area contributed by atoms with Gasteiger partial charge in [-0.3, -0.25) is 0 Å². The first-order valence-electron chi connectivity index (χ1n) is 13.5. The summed E-state index contributed by atoms with van der Waals surface area (Å²) < 4.78 is 6.96. The van der Waals surface area contributed by atoms with Crippen molar-refractivity contribution in [3.05, 3.63) is 54.6 Å². The zero-order chi connectivity index (χ0) is 27.8. The summed E-state index contributed by atoms with van der Waals surface area (Å²) in [7, 11) is 0. The molecule has 206 valence electrons. The number of aromatic nitrogens is 1. The summed E-state index contributed by atoms with van der Waals surface area (Å²) in [6.45, 7) is 16.1. The van der Waals surface area contributed by atoms with Gasteiger partial charge in [-0.05, 0) is 92.6 Å². The second kappa shape index (κ2) is 13.3. The van der Waals surface area contributed by atoms with E-state index in [4.69, 9.17) is 4.74 Å². The van der Waals surface area contributed by atoms with Crippen molar-refractivity contribution >= 4 is 59.4 Å². The fourth-order valence-corrected chi connectivity index (χ4v) is 6.31. The molecule has 0 aliphatic heterocycles. The fourth-order valence-electron chi connectivity index (χ4n) is 4.46. The van der Waals surface area contributed by atoms with Gasteiger partial charge < -0.3 is 9.64 Å². The molecule has 39 heavy (non-hydrogen) atoms. The Morgan fingerprint density at radius 1 is 0.872 bits per heavy atom. The monoisotopic (exact) mass is 562 g/mol. The van der Waals surface area contributed by atoms with Crippen LogP contribution < -0.4 is 9.64 Å². The quantitative estimate of drug-likeness (QED) is 0.161. The molecule has 0 N–H and O–H groups in total. The van der Waals surface area contributed by atoms with Gasteiger partial charge >= 0.3 is 0 Å². The third kappa shape index (κ3) is 8.66. The highest BCUT2D eigenvalue weighted by atomic mass is 32.1. The molecule has 0 bridgehead atoms. The van der Waals surface area contributed by atoms with Gasteiger partial charge in [-0.15, -0.1) is 20.5 Å². The van der Waals surface area contributed by atoms with Crippen LogP contribution in [0.25, 0.3) is 9.53 Å². The maximum absolute atomic E-state index is 5.93. The minimum atomic E-state index is 0.353. The fraction of sp³-hybridized carbons (Fsp3) is 0.433. The molecule has 4 rings (SSSR count). The largest absolute Gasteiger partial charge is 0.494 e. The molecule has 0 spiro atoms. The summed E-state index contributed by atoms with van der Waals surface area (Å²) in [6, 6.07) is 17.9. The summed E-state index contributed by atoms with van der Waals surface area (Å²) in [5, 5.41) is 18.9. The van der Waals surface area contributed by atoms with Crippen molar-refractivity contribution in [3.8, 4) is 5.75 Å². The average Bonchev–Trinajstić information content (AvgIpc) is 3.46. The SMILES string of the molecule is CCN(CC)c1ccc(/N=N/c2nc3sc(/N=N/c4ccc(OCCC(C)CC(C)(C)C)cc4)cc3s2)cc1. The van der Waals surface area contributed by atoms with Gasteiger partial charge in [0.05, 0.1) is 22.7 Å². The number of thiophene rings is 1. The molecule has 0 saturated heterocycles. The minimum absolute atomic E-state index is 0.353. The molecular weight excluding hydrogens is 525 g/mol. The van der Waals surface area contributed by atoms with E-state index in [1.54, 1.807) is 0 Å². The summed E-state index contributed by atoms with van der Waals surface area (Å²) in [6.07, 6.45) is 2.25. The summed E-state index contributed by atoms with van der Waals surface area (Å²) in [5.41, 5.74) is 3.14. The van der Waals surface area contributed by atoms with Gasteiger partial charge in [0.2, 0.25) is 5.13 Å². The molecular formula is C30H38N6OS2. The minimum Gasteiger partial charge on any atom is -0.494 e. The maximum Gasteiger partial charge on any atom is 0.231 e. The third-order valence-corrected chi connectivity index (χ3v) is 8.16. The van der Waals surface area contributed by atoms with Crippen molar-refractivity contribution in [1.82, 2.24) is 4.98 Å². The Hall–Kier alpha value is -3.17. The number of fused-ring (bicyclic) bond motifs is 1. The summed E-state index contributed by atoms with van der Waals surface area (Å²) >= 11 is 3.00. The van der Waals surface area contributed by atoms with Crippen LogP contribution in [0.4, 0.5) is 27.2 Å². The molecule has 2 heterocycles. The zero-order valence-corrected chi connectivity index (χ0v) is 25.4. The molecule has 0 aliphatic rings.